The van der Waals surface area contributed by atoms with Crippen molar-refractivity contribution in [2.75, 3.05) is 6.54 Å². The maximum absolute atomic E-state index is 4.42. The van der Waals surface area contributed by atoms with Crippen LogP contribution in [0.3, 0.4) is 0 Å². The number of nitrogens with one attached hydrogen (secondary N) is 1. The van der Waals surface area contributed by atoms with Crippen molar-refractivity contribution in [2.45, 2.75) is 33.2 Å². The fraction of sp³-hybridized carbons (Fsp3) is 0.500. The third kappa shape index (κ3) is 2.82. The minimum absolute atomic E-state index is 0.385. The molecule has 0 amide bonds. The molecular weight excluding hydrogens is 242 g/mol. The van der Waals surface area contributed by atoms with Crippen LogP contribution < -0.4 is 5.32 Å². The Bertz CT molecular complexity index is 513. The summed E-state index contributed by atoms with van der Waals surface area (Å²) in [5.41, 5.74) is 5.17. The third-order valence-electron chi connectivity index (χ3n) is 3.23. The van der Waals surface area contributed by atoms with E-state index in [1.807, 2.05) is 18.7 Å². The molecule has 0 aliphatic rings. The molecule has 4 heteroatoms. The molecule has 98 valence electrons. The molecule has 0 bridgehead atoms. The second-order valence-corrected chi connectivity index (χ2v) is 5.47. The molecular formula is C14H21N3S. The van der Waals surface area contributed by atoms with Crippen molar-refractivity contribution in [1.82, 2.24) is 15.1 Å². The van der Waals surface area contributed by atoms with Gasteiger partial charge in [0.05, 0.1) is 5.69 Å². The Labute approximate surface area is 113 Å². The van der Waals surface area contributed by atoms with Crippen LogP contribution in [-0.4, -0.2) is 16.3 Å². The Morgan fingerprint density at radius 2 is 2.17 bits per heavy atom. The second kappa shape index (κ2) is 5.67. The monoisotopic (exact) mass is 263 g/mol. The standard InChI is InChI=1S/C14H21N3S/c1-5-15-14(13-9-18-8-10(13)2)7-12-6-11(3)16-17(12)4/h6,8-9,14-15H,5,7H2,1-4H3. The quantitative estimate of drug-likeness (QED) is 0.898. The van der Waals surface area contributed by atoms with Gasteiger partial charge in [-0.25, -0.2) is 0 Å². The highest BCUT2D eigenvalue weighted by Crippen LogP contribution is 2.25. The van der Waals surface area contributed by atoms with Crippen molar-refractivity contribution in [1.29, 1.82) is 0 Å². The molecule has 18 heavy (non-hydrogen) atoms. The summed E-state index contributed by atoms with van der Waals surface area (Å²) in [6.07, 6.45) is 0.989. The van der Waals surface area contributed by atoms with E-state index in [2.05, 4.69) is 41.1 Å². The number of aromatic nitrogens is 2. The van der Waals surface area contributed by atoms with Gasteiger partial charge in [0.2, 0.25) is 0 Å². The molecule has 2 aromatic rings. The first-order valence-electron chi connectivity index (χ1n) is 6.37. The fourth-order valence-corrected chi connectivity index (χ4v) is 3.24. The summed E-state index contributed by atoms with van der Waals surface area (Å²) in [4.78, 5) is 0. The van der Waals surface area contributed by atoms with E-state index in [1.54, 1.807) is 11.3 Å². The van der Waals surface area contributed by atoms with E-state index in [9.17, 15) is 0 Å². The van der Waals surface area contributed by atoms with Crippen molar-refractivity contribution >= 4 is 11.3 Å². The van der Waals surface area contributed by atoms with Gasteiger partial charge in [-0.1, -0.05) is 6.92 Å². The Morgan fingerprint density at radius 1 is 1.39 bits per heavy atom. The molecule has 3 nitrogen and oxygen atoms in total. The third-order valence-corrected chi connectivity index (χ3v) is 4.11. The lowest BCUT2D eigenvalue weighted by atomic mass is 10.0. The molecule has 2 aromatic heterocycles. The molecule has 2 heterocycles. The average Bonchev–Trinajstić information content (AvgIpc) is 2.85. The molecule has 0 fully saturated rings. The first-order chi connectivity index (χ1) is 8.61. The van der Waals surface area contributed by atoms with Gasteiger partial charge in [-0.3, -0.25) is 4.68 Å². The molecule has 0 spiro atoms. The molecule has 0 aliphatic carbocycles. The van der Waals surface area contributed by atoms with Crippen LogP contribution in [0.1, 0.15) is 35.5 Å². The number of thiophene rings is 1. The summed E-state index contributed by atoms with van der Waals surface area (Å²) in [5, 5.41) is 12.5. The lowest BCUT2D eigenvalue weighted by Crippen LogP contribution is -2.24. The number of rotatable bonds is 5. The predicted octanol–water partition coefficient (Wildman–Crippen LogP) is 2.99. The van der Waals surface area contributed by atoms with Crippen molar-refractivity contribution in [3.8, 4) is 0 Å². The molecule has 1 atom stereocenters. The van der Waals surface area contributed by atoms with E-state index in [0.717, 1.165) is 18.7 Å². The van der Waals surface area contributed by atoms with Crippen LogP contribution in [0.15, 0.2) is 16.8 Å². The van der Waals surface area contributed by atoms with Gasteiger partial charge in [0.1, 0.15) is 0 Å². The summed E-state index contributed by atoms with van der Waals surface area (Å²) in [7, 11) is 2.02. The Hall–Kier alpha value is -1.13. The minimum atomic E-state index is 0.385. The molecule has 0 saturated carbocycles. The first kappa shape index (κ1) is 13.3. The van der Waals surface area contributed by atoms with Crippen LogP contribution in [0.25, 0.3) is 0 Å². The van der Waals surface area contributed by atoms with Crippen LogP contribution in [0, 0.1) is 13.8 Å². The van der Waals surface area contributed by atoms with Gasteiger partial charge in [-0.2, -0.15) is 16.4 Å². The summed E-state index contributed by atoms with van der Waals surface area (Å²) in [6.45, 7) is 7.37. The minimum Gasteiger partial charge on any atom is -0.310 e. The van der Waals surface area contributed by atoms with E-state index in [-0.39, 0.29) is 0 Å². The zero-order valence-corrected chi connectivity index (χ0v) is 12.3. The SMILES string of the molecule is CCNC(Cc1cc(C)nn1C)c1cscc1C. The van der Waals surface area contributed by atoms with E-state index in [1.165, 1.54) is 16.8 Å². The Balaban J connectivity index is 2.22. The number of nitrogens with zero attached hydrogens (tertiary/aromatic N) is 2. The van der Waals surface area contributed by atoms with Crippen molar-refractivity contribution in [2.24, 2.45) is 7.05 Å². The van der Waals surface area contributed by atoms with Crippen molar-refractivity contribution in [3.05, 3.63) is 39.3 Å². The van der Waals surface area contributed by atoms with Gasteiger partial charge in [-0.05, 0) is 48.3 Å². The summed E-state index contributed by atoms with van der Waals surface area (Å²) >= 11 is 1.78. The highest BCUT2D eigenvalue weighted by Gasteiger charge is 2.16. The number of likely N-dealkylation sites (N-methyl/N-ethyl adjacent to an activating group) is 1. The van der Waals surface area contributed by atoms with Crippen LogP contribution in [0.5, 0.6) is 0 Å². The molecule has 0 saturated heterocycles. The molecule has 0 aromatic carbocycles. The normalized spacial score (nSPS) is 12.9. The van der Waals surface area contributed by atoms with Crippen molar-refractivity contribution < 1.29 is 0 Å². The summed E-state index contributed by atoms with van der Waals surface area (Å²) in [6, 6.07) is 2.56. The summed E-state index contributed by atoms with van der Waals surface area (Å²) < 4.78 is 1.99. The lowest BCUT2D eigenvalue weighted by molar-refractivity contribution is 0.528. The Kier molecular flexibility index (Phi) is 4.19. The average molecular weight is 263 g/mol. The lowest BCUT2D eigenvalue weighted by Gasteiger charge is -2.18. The number of aryl methyl sites for hydroxylation is 3. The zero-order chi connectivity index (χ0) is 13.1. The first-order valence-corrected chi connectivity index (χ1v) is 7.31. The van der Waals surface area contributed by atoms with E-state index in [4.69, 9.17) is 0 Å². The summed E-state index contributed by atoms with van der Waals surface area (Å²) in [5.74, 6) is 0. The van der Waals surface area contributed by atoms with Crippen LogP contribution >= 0.6 is 11.3 Å². The van der Waals surface area contributed by atoms with Gasteiger partial charge in [0, 0.05) is 25.2 Å². The highest BCUT2D eigenvalue weighted by atomic mass is 32.1. The number of hydrogen-bond acceptors (Lipinski definition) is 3. The number of hydrogen-bond donors (Lipinski definition) is 1. The largest absolute Gasteiger partial charge is 0.310 e. The molecule has 1 N–H and O–H groups in total. The van der Waals surface area contributed by atoms with E-state index < -0.39 is 0 Å². The van der Waals surface area contributed by atoms with E-state index in [0.29, 0.717) is 6.04 Å². The van der Waals surface area contributed by atoms with Crippen LogP contribution in [-0.2, 0) is 13.5 Å². The highest BCUT2D eigenvalue weighted by molar-refractivity contribution is 7.08. The fourth-order valence-electron chi connectivity index (χ4n) is 2.33. The van der Waals surface area contributed by atoms with Gasteiger partial charge in [0.25, 0.3) is 0 Å². The molecule has 0 radical (unpaired) electrons. The Morgan fingerprint density at radius 3 is 2.67 bits per heavy atom. The topological polar surface area (TPSA) is 29.9 Å². The van der Waals surface area contributed by atoms with Crippen molar-refractivity contribution in [3.63, 3.8) is 0 Å². The van der Waals surface area contributed by atoms with Gasteiger partial charge < -0.3 is 5.32 Å². The molecule has 0 aliphatic heterocycles. The maximum atomic E-state index is 4.42. The van der Waals surface area contributed by atoms with Gasteiger partial charge in [0.15, 0.2) is 0 Å². The van der Waals surface area contributed by atoms with Crippen LogP contribution in [0.4, 0.5) is 0 Å². The zero-order valence-electron chi connectivity index (χ0n) is 11.5. The maximum Gasteiger partial charge on any atom is 0.0596 e. The molecule has 1 unspecified atom stereocenters. The smallest absolute Gasteiger partial charge is 0.0596 e. The molecule has 2 rings (SSSR count). The predicted molar refractivity (Wildman–Crippen MR) is 77.1 cm³/mol. The van der Waals surface area contributed by atoms with Gasteiger partial charge in [-0.15, -0.1) is 0 Å². The van der Waals surface area contributed by atoms with E-state index >= 15 is 0 Å². The van der Waals surface area contributed by atoms with Gasteiger partial charge >= 0.3 is 0 Å². The van der Waals surface area contributed by atoms with Crippen LogP contribution in [0.2, 0.25) is 0 Å². The second-order valence-electron chi connectivity index (χ2n) is 4.73.